The summed E-state index contributed by atoms with van der Waals surface area (Å²) < 4.78 is 4.87. The van der Waals surface area contributed by atoms with Crippen molar-refractivity contribution in [1.82, 2.24) is 4.98 Å². The van der Waals surface area contributed by atoms with Crippen molar-refractivity contribution in [2.24, 2.45) is 5.73 Å². The number of hydrogen-bond acceptors (Lipinski definition) is 4. The normalized spacial score (nSPS) is 8.64. The number of anilines is 1. The van der Waals surface area contributed by atoms with Gasteiger partial charge in [0.05, 0.1) is 12.8 Å². The number of carbonyl (C=O) groups excluding carboxylic acids is 1. The third kappa shape index (κ3) is 2.38. The summed E-state index contributed by atoms with van der Waals surface area (Å²) in [5.74, 6) is 4.25. The van der Waals surface area contributed by atoms with E-state index in [0.29, 0.717) is 11.6 Å². The van der Waals surface area contributed by atoms with Gasteiger partial charge in [0.2, 0.25) is 5.88 Å². The Morgan fingerprint density at radius 3 is 2.86 bits per heavy atom. The number of primary amides is 1. The number of rotatable bonds is 1. The molecule has 0 aliphatic rings. The standard InChI is InChI=1S/C9H9N3O2/c1-14-9-5-2-6(10)7(12-9)3-4-8(11)13/h2,5H,10H2,1H3,(H2,11,13). The minimum Gasteiger partial charge on any atom is -0.481 e. The zero-order valence-electron chi connectivity index (χ0n) is 7.57. The van der Waals surface area contributed by atoms with Crippen LogP contribution in [0.2, 0.25) is 0 Å². The first-order valence-corrected chi connectivity index (χ1v) is 3.75. The van der Waals surface area contributed by atoms with Gasteiger partial charge in [-0.3, -0.25) is 4.79 Å². The van der Waals surface area contributed by atoms with Gasteiger partial charge in [0.25, 0.3) is 5.91 Å². The molecular weight excluding hydrogens is 182 g/mol. The lowest BCUT2D eigenvalue weighted by atomic mass is 10.3. The molecule has 0 aliphatic carbocycles. The van der Waals surface area contributed by atoms with Crippen molar-refractivity contribution >= 4 is 11.6 Å². The van der Waals surface area contributed by atoms with Crippen LogP contribution < -0.4 is 16.2 Å². The van der Waals surface area contributed by atoms with Crippen molar-refractivity contribution in [3.05, 3.63) is 17.8 Å². The Kier molecular flexibility index (Phi) is 2.92. The van der Waals surface area contributed by atoms with Gasteiger partial charge in [0.1, 0.15) is 5.69 Å². The molecule has 0 aliphatic heterocycles. The number of nitrogens with two attached hydrogens (primary N) is 2. The van der Waals surface area contributed by atoms with Gasteiger partial charge >= 0.3 is 0 Å². The fourth-order valence-electron chi connectivity index (χ4n) is 0.787. The van der Waals surface area contributed by atoms with E-state index in [1.807, 2.05) is 0 Å². The highest BCUT2D eigenvalue weighted by molar-refractivity contribution is 5.92. The Bertz CT molecular complexity index is 418. The first-order chi connectivity index (χ1) is 6.63. The average Bonchev–Trinajstić information content (AvgIpc) is 2.16. The highest BCUT2D eigenvalue weighted by Crippen LogP contribution is 2.12. The number of methoxy groups -OCH3 is 1. The molecule has 0 saturated carbocycles. The molecule has 0 aromatic carbocycles. The van der Waals surface area contributed by atoms with Crippen molar-refractivity contribution in [3.8, 4) is 17.7 Å². The number of ether oxygens (including phenoxy) is 1. The summed E-state index contributed by atoms with van der Waals surface area (Å²) >= 11 is 0. The van der Waals surface area contributed by atoms with Crippen LogP contribution in [0, 0.1) is 11.8 Å². The number of amides is 1. The van der Waals surface area contributed by atoms with Crippen LogP contribution in [0.1, 0.15) is 5.69 Å². The van der Waals surface area contributed by atoms with Crippen molar-refractivity contribution in [2.75, 3.05) is 12.8 Å². The van der Waals surface area contributed by atoms with Crippen LogP contribution in [-0.2, 0) is 4.79 Å². The summed E-state index contributed by atoms with van der Waals surface area (Å²) in [6, 6.07) is 3.20. The summed E-state index contributed by atoms with van der Waals surface area (Å²) in [4.78, 5) is 14.3. The van der Waals surface area contributed by atoms with Gasteiger partial charge in [-0.25, -0.2) is 4.98 Å². The smallest absolute Gasteiger partial charge is 0.293 e. The fourth-order valence-corrected chi connectivity index (χ4v) is 0.787. The second kappa shape index (κ2) is 4.14. The molecule has 72 valence electrons. The molecule has 4 N–H and O–H groups in total. The summed E-state index contributed by atoms with van der Waals surface area (Å²) in [5.41, 5.74) is 11.1. The van der Waals surface area contributed by atoms with E-state index in [1.54, 1.807) is 12.1 Å². The van der Waals surface area contributed by atoms with E-state index >= 15 is 0 Å². The van der Waals surface area contributed by atoms with Gasteiger partial charge in [-0.1, -0.05) is 0 Å². The molecule has 0 atom stereocenters. The van der Waals surface area contributed by atoms with E-state index in [1.165, 1.54) is 7.11 Å². The molecule has 0 fully saturated rings. The molecule has 5 nitrogen and oxygen atoms in total. The lowest BCUT2D eigenvalue weighted by Gasteiger charge is -2.00. The Morgan fingerprint density at radius 1 is 1.57 bits per heavy atom. The van der Waals surface area contributed by atoms with Crippen molar-refractivity contribution in [3.63, 3.8) is 0 Å². The van der Waals surface area contributed by atoms with E-state index < -0.39 is 5.91 Å². The highest BCUT2D eigenvalue weighted by Gasteiger charge is 1.99. The van der Waals surface area contributed by atoms with E-state index in [4.69, 9.17) is 16.2 Å². The zero-order chi connectivity index (χ0) is 10.6. The lowest BCUT2D eigenvalue weighted by Crippen LogP contribution is -2.06. The van der Waals surface area contributed by atoms with Gasteiger partial charge in [0.15, 0.2) is 0 Å². The molecule has 0 unspecified atom stereocenters. The minimum atomic E-state index is -0.728. The van der Waals surface area contributed by atoms with Crippen LogP contribution in [0.25, 0.3) is 0 Å². The topological polar surface area (TPSA) is 91.2 Å². The lowest BCUT2D eigenvalue weighted by molar-refractivity contribution is -0.112. The largest absolute Gasteiger partial charge is 0.481 e. The van der Waals surface area contributed by atoms with Gasteiger partial charge in [-0.15, -0.1) is 0 Å². The zero-order valence-corrected chi connectivity index (χ0v) is 7.57. The number of nitrogens with zero attached hydrogens (tertiary/aromatic N) is 1. The molecule has 1 aromatic heterocycles. The molecule has 0 spiro atoms. The molecule has 1 aromatic rings. The van der Waals surface area contributed by atoms with Crippen LogP contribution in [0.15, 0.2) is 12.1 Å². The molecule has 0 radical (unpaired) electrons. The van der Waals surface area contributed by atoms with Crippen LogP contribution in [0.5, 0.6) is 5.88 Å². The Balaban J connectivity index is 3.08. The Morgan fingerprint density at radius 2 is 2.29 bits per heavy atom. The van der Waals surface area contributed by atoms with Gasteiger partial charge in [0, 0.05) is 12.0 Å². The second-order valence-electron chi connectivity index (χ2n) is 2.41. The predicted octanol–water partition coefficient (Wildman–Crippen LogP) is -0.491. The van der Waals surface area contributed by atoms with Crippen LogP contribution in [0.3, 0.4) is 0 Å². The van der Waals surface area contributed by atoms with E-state index in [-0.39, 0.29) is 5.69 Å². The molecule has 14 heavy (non-hydrogen) atoms. The third-order valence-electron chi connectivity index (χ3n) is 1.41. The summed E-state index contributed by atoms with van der Waals surface area (Å²) in [6.45, 7) is 0. The van der Waals surface area contributed by atoms with E-state index in [9.17, 15) is 4.79 Å². The maximum absolute atomic E-state index is 10.4. The number of hydrogen-bond donors (Lipinski definition) is 2. The van der Waals surface area contributed by atoms with Gasteiger partial charge in [-0.2, -0.15) is 0 Å². The molecule has 0 bridgehead atoms. The van der Waals surface area contributed by atoms with Gasteiger partial charge in [-0.05, 0) is 12.0 Å². The quantitative estimate of drug-likeness (QED) is 0.586. The highest BCUT2D eigenvalue weighted by atomic mass is 16.5. The van der Waals surface area contributed by atoms with E-state index in [0.717, 1.165) is 0 Å². The first kappa shape index (κ1) is 9.86. The summed E-state index contributed by atoms with van der Waals surface area (Å²) in [7, 11) is 1.48. The number of pyridine rings is 1. The maximum atomic E-state index is 10.4. The summed E-state index contributed by atoms with van der Waals surface area (Å²) in [6.07, 6.45) is 0. The fraction of sp³-hybridized carbons (Fsp3) is 0.111. The molecule has 1 heterocycles. The SMILES string of the molecule is COc1ccc(N)c(C#CC(N)=O)n1. The molecule has 5 heteroatoms. The predicted molar refractivity (Wildman–Crippen MR) is 51.3 cm³/mol. The first-order valence-electron chi connectivity index (χ1n) is 3.75. The van der Waals surface area contributed by atoms with Crippen molar-refractivity contribution in [2.45, 2.75) is 0 Å². The minimum absolute atomic E-state index is 0.281. The monoisotopic (exact) mass is 191 g/mol. The second-order valence-corrected chi connectivity index (χ2v) is 2.41. The molecule has 1 rings (SSSR count). The van der Waals surface area contributed by atoms with Gasteiger partial charge < -0.3 is 16.2 Å². The Labute approximate surface area is 81.1 Å². The number of aromatic nitrogens is 1. The maximum Gasteiger partial charge on any atom is 0.293 e. The van der Waals surface area contributed by atoms with Crippen molar-refractivity contribution in [1.29, 1.82) is 0 Å². The number of nitrogen functional groups attached to an aromatic ring is 1. The van der Waals surface area contributed by atoms with Crippen molar-refractivity contribution < 1.29 is 9.53 Å². The van der Waals surface area contributed by atoms with Crippen LogP contribution in [0.4, 0.5) is 5.69 Å². The van der Waals surface area contributed by atoms with E-state index in [2.05, 4.69) is 16.8 Å². The molecule has 1 amide bonds. The summed E-state index contributed by atoms with van der Waals surface area (Å²) in [5, 5.41) is 0. The Hall–Kier alpha value is -2.22. The molecular formula is C9H9N3O2. The number of carbonyl (C=O) groups is 1. The van der Waals surface area contributed by atoms with Crippen LogP contribution >= 0.6 is 0 Å². The average molecular weight is 191 g/mol. The molecule has 0 saturated heterocycles. The van der Waals surface area contributed by atoms with Crippen LogP contribution in [-0.4, -0.2) is 18.0 Å². The third-order valence-corrected chi connectivity index (χ3v) is 1.41.